The topological polar surface area (TPSA) is 44.8 Å². The third kappa shape index (κ3) is 1.22. The van der Waals surface area contributed by atoms with Crippen LogP contribution in [0.2, 0.25) is 0 Å². The SMILES string of the molecule is COc1ccc(OC)c2c1C(=O)C2OC. The molecule has 0 aromatic heterocycles. The highest BCUT2D eigenvalue weighted by atomic mass is 16.5. The highest BCUT2D eigenvalue weighted by Crippen LogP contribution is 2.46. The van der Waals surface area contributed by atoms with Crippen LogP contribution in [-0.2, 0) is 4.74 Å². The molecular weight excluding hydrogens is 196 g/mol. The van der Waals surface area contributed by atoms with Crippen molar-refractivity contribution in [3.05, 3.63) is 23.3 Å². The zero-order valence-corrected chi connectivity index (χ0v) is 8.87. The minimum Gasteiger partial charge on any atom is -0.496 e. The normalized spacial score (nSPS) is 18.1. The lowest BCUT2D eigenvalue weighted by Crippen LogP contribution is -2.29. The van der Waals surface area contributed by atoms with Gasteiger partial charge in [0.05, 0.1) is 19.8 Å². The molecule has 1 aromatic rings. The molecule has 0 radical (unpaired) electrons. The van der Waals surface area contributed by atoms with Crippen LogP contribution in [0.5, 0.6) is 11.5 Å². The third-order valence-electron chi connectivity index (χ3n) is 2.59. The van der Waals surface area contributed by atoms with Gasteiger partial charge in [-0.2, -0.15) is 0 Å². The molecule has 4 heteroatoms. The number of Topliss-reactive ketones (excluding diaryl/α,β-unsaturated/α-hetero) is 1. The van der Waals surface area contributed by atoms with E-state index in [1.165, 1.54) is 14.2 Å². The summed E-state index contributed by atoms with van der Waals surface area (Å²) in [5.41, 5.74) is 1.35. The van der Waals surface area contributed by atoms with Crippen LogP contribution in [0.1, 0.15) is 22.0 Å². The Kier molecular flexibility index (Phi) is 2.36. The molecule has 15 heavy (non-hydrogen) atoms. The number of ketones is 1. The van der Waals surface area contributed by atoms with Crippen LogP contribution in [0.25, 0.3) is 0 Å². The van der Waals surface area contributed by atoms with Crippen LogP contribution in [0.3, 0.4) is 0 Å². The highest BCUT2D eigenvalue weighted by Gasteiger charge is 2.42. The maximum Gasteiger partial charge on any atom is 0.200 e. The molecule has 0 saturated heterocycles. The Morgan fingerprint density at radius 1 is 1.07 bits per heavy atom. The van der Waals surface area contributed by atoms with Crippen molar-refractivity contribution < 1.29 is 19.0 Å². The molecule has 1 aliphatic rings. The number of carbonyl (C=O) groups is 1. The number of rotatable bonds is 3. The van der Waals surface area contributed by atoms with Gasteiger partial charge in [-0.1, -0.05) is 0 Å². The third-order valence-corrected chi connectivity index (χ3v) is 2.59. The van der Waals surface area contributed by atoms with E-state index in [0.29, 0.717) is 17.1 Å². The van der Waals surface area contributed by atoms with Crippen LogP contribution >= 0.6 is 0 Å². The van der Waals surface area contributed by atoms with Gasteiger partial charge in [-0.05, 0) is 12.1 Å². The van der Waals surface area contributed by atoms with Crippen LogP contribution < -0.4 is 9.47 Å². The molecular formula is C11H12O4. The van der Waals surface area contributed by atoms with Crippen LogP contribution in [0.15, 0.2) is 12.1 Å². The molecule has 80 valence electrons. The van der Waals surface area contributed by atoms with E-state index in [2.05, 4.69) is 0 Å². The average Bonchev–Trinajstić information content (AvgIpc) is 2.27. The monoisotopic (exact) mass is 208 g/mol. The lowest BCUT2D eigenvalue weighted by molar-refractivity contribution is 0.0498. The molecule has 0 fully saturated rings. The molecule has 4 nitrogen and oxygen atoms in total. The first-order valence-electron chi connectivity index (χ1n) is 4.56. The number of hydrogen-bond donors (Lipinski definition) is 0. The summed E-state index contributed by atoms with van der Waals surface area (Å²) in [5, 5.41) is 0. The van der Waals surface area contributed by atoms with Gasteiger partial charge in [0.1, 0.15) is 17.6 Å². The van der Waals surface area contributed by atoms with E-state index in [1.807, 2.05) is 0 Å². The second kappa shape index (κ2) is 3.55. The van der Waals surface area contributed by atoms with Crippen molar-refractivity contribution in [2.24, 2.45) is 0 Å². The largest absolute Gasteiger partial charge is 0.496 e. The molecule has 1 unspecified atom stereocenters. The maximum atomic E-state index is 11.7. The van der Waals surface area contributed by atoms with E-state index in [1.54, 1.807) is 19.2 Å². The summed E-state index contributed by atoms with van der Waals surface area (Å²) >= 11 is 0. The second-order valence-electron chi connectivity index (χ2n) is 3.24. The Hall–Kier alpha value is -1.55. The highest BCUT2D eigenvalue weighted by molar-refractivity contribution is 6.12. The van der Waals surface area contributed by atoms with Crippen molar-refractivity contribution in [1.82, 2.24) is 0 Å². The fourth-order valence-corrected chi connectivity index (χ4v) is 1.85. The first-order chi connectivity index (χ1) is 7.24. The van der Waals surface area contributed by atoms with E-state index in [-0.39, 0.29) is 5.78 Å². The van der Waals surface area contributed by atoms with Crippen molar-refractivity contribution in [2.75, 3.05) is 21.3 Å². The standard InChI is InChI=1S/C11H12O4/c1-13-6-4-5-7(14-2)9-8(6)10(12)11(9)15-3/h4-5,11H,1-3H3. The van der Waals surface area contributed by atoms with Crippen molar-refractivity contribution >= 4 is 5.78 Å². The molecule has 0 saturated carbocycles. The smallest absolute Gasteiger partial charge is 0.200 e. The van der Waals surface area contributed by atoms with Crippen molar-refractivity contribution in [3.8, 4) is 11.5 Å². The van der Waals surface area contributed by atoms with Crippen molar-refractivity contribution in [3.63, 3.8) is 0 Å². The zero-order chi connectivity index (χ0) is 11.0. The minimum atomic E-state index is -0.509. The summed E-state index contributed by atoms with van der Waals surface area (Å²) in [4.78, 5) is 11.7. The van der Waals surface area contributed by atoms with Crippen molar-refractivity contribution in [2.45, 2.75) is 6.10 Å². The van der Waals surface area contributed by atoms with Gasteiger partial charge in [-0.25, -0.2) is 0 Å². The van der Waals surface area contributed by atoms with Gasteiger partial charge < -0.3 is 14.2 Å². The van der Waals surface area contributed by atoms with Crippen LogP contribution in [0, 0.1) is 0 Å². The van der Waals surface area contributed by atoms with E-state index in [0.717, 1.165) is 5.56 Å². The number of carbonyl (C=O) groups excluding carboxylic acids is 1. The van der Waals surface area contributed by atoms with Gasteiger partial charge in [0.15, 0.2) is 0 Å². The summed E-state index contributed by atoms with van der Waals surface area (Å²) < 4.78 is 15.4. The molecule has 1 aromatic carbocycles. The lowest BCUT2D eigenvalue weighted by atomic mass is 9.82. The molecule has 0 amide bonds. The summed E-state index contributed by atoms with van der Waals surface area (Å²) in [6.45, 7) is 0. The number of hydrogen-bond acceptors (Lipinski definition) is 4. The molecule has 0 N–H and O–H groups in total. The fourth-order valence-electron chi connectivity index (χ4n) is 1.85. The van der Waals surface area contributed by atoms with Gasteiger partial charge in [-0.3, -0.25) is 4.79 Å². The van der Waals surface area contributed by atoms with Crippen LogP contribution in [-0.4, -0.2) is 27.1 Å². The van der Waals surface area contributed by atoms with Gasteiger partial charge in [0.25, 0.3) is 0 Å². The molecule has 0 spiro atoms. The summed E-state index contributed by atoms with van der Waals surface area (Å²) in [7, 11) is 4.61. The lowest BCUT2D eigenvalue weighted by Gasteiger charge is -2.30. The molecule has 1 atom stereocenters. The molecule has 2 rings (SSSR count). The maximum absolute atomic E-state index is 11.7. The predicted octanol–water partition coefficient (Wildman–Crippen LogP) is 1.59. The summed E-state index contributed by atoms with van der Waals surface area (Å²) in [6.07, 6.45) is -0.509. The Morgan fingerprint density at radius 3 is 2.20 bits per heavy atom. The first-order valence-corrected chi connectivity index (χ1v) is 4.56. The molecule has 1 aliphatic carbocycles. The molecule has 0 heterocycles. The molecule has 0 aliphatic heterocycles. The Morgan fingerprint density at radius 2 is 1.67 bits per heavy atom. The second-order valence-corrected chi connectivity index (χ2v) is 3.24. The molecule has 0 bridgehead atoms. The van der Waals surface area contributed by atoms with Gasteiger partial charge in [0.2, 0.25) is 5.78 Å². The minimum absolute atomic E-state index is 0.0525. The number of methoxy groups -OCH3 is 3. The Labute approximate surface area is 87.8 Å². The van der Waals surface area contributed by atoms with E-state index >= 15 is 0 Å². The van der Waals surface area contributed by atoms with Gasteiger partial charge in [-0.15, -0.1) is 0 Å². The predicted molar refractivity (Wildman–Crippen MR) is 53.6 cm³/mol. The van der Waals surface area contributed by atoms with Crippen LogP contribution in [0.4, 0.5) is 0 Å². The van der Waals surface area contributed by atoms with Gasteiger partial charge in [0, 0.05) is 12.7 Å². The van der Waals surface area contributed by atoms with Crippen molar-refractivity contribution in [1.29, 1.82) is 0 Å². The summed E-state index contributed by atoms with van der Waals surface area (Å²) in [5.74, 6) is 1.18. The number of benzene rings is 1. The zero-order valence-electron chi connectivity index (χ0n) is 8.87. The fraction of sp³-hybridized carbons (Fsp3) is 0.364. The quantitative estimate of drug-likeness (QED) is 0.756. The van der Waals surface area contributed by atoms with E-state index < -0.39 is 6.10 Å². The van der Waals surface area contributed by atoms with E-state index in [4.69, 9.17) is 14.2 Å². The van der Waals surface area contributed by atoms with E-state index in [9.17, 15) is 4.79 Å². The average molecular weight is 208 g/mol. The summed E-state index contributed by atoms with van der Waals surface area (Å²) in [6, 6.07) is 3.50. The van der Waals surface area contributed by atoms with Gasteiger partial charge >= 0.3 is 0 Å². The number of fused-ring (bicyclic) bond motifs is 1. The Bertz CT molecular complexity index is 411. The Balaban J connectivity index is 2.57. The number of ether oxygens (including phenoxy) is 3. The first kappa shape index (κ1) is 9.98.